The van der Waals surface area contributed by atoms with Gasteiger partial charge in [-0.3, -0.25) is 28.8 Å². The van der Waals surface area contributed by atoms with Crippen molar-refractivity contribution in [1.82, 2.24) is 25.8 Å². The van der Waals surface area contributed by atoms with Crippen molar-refractivity contribution in [1.29, 1.82) is 0 Å². The number of hydrogen-bond donors (Lipinski definition) is 5. The highest BCUT2D eigenvalue weighted by molar-refractivity contribution is 5.95. The molecular weight excluding hydrogens is 610 g/mol. The number of fused-ring (bicyclic) bond motifs is 1. The predicted octanol–water partition coefficient (Wildman–Crippen LogP) is 0.964. The van der Waals surface area contributed by atoms with Gasteiger partial charge < -0.3 is 42.0 Å². The minimum Gasteiger partial charge on any atom is -0.444 e. The second-order valence-corrected chi connectivity index (χ2v) is 13.5. The molecule has 0 unspecified atom stereocenters. The number of nitrogens with one attached hydrogen (secondary N) is 3. The number of unbranched alkanes of at least 4 members (excludes halogenated alkanes) is 6. The first-order chi connectivity index (χ1) is 22.1. The van der Waals surface area contributed by atoms with Crippen molar-refractivity contribution in [2.24, 2.45) is 11.5 Å². The van der Waals surface area contributed by atoms with Crippen LogP contribution in [0.2, 0.25) is 0 Å². The number of nitrogens with two attached hydrogens (primary N) is 2. The first-order valence-electron chi connectivity index (χ1n) is 16.8. The Morgan fingerprint density at radius 1 is 0.894 bits per heavy atom. The fourth-order valence-electron chi connectivity index (χ4n) is 5.94. The zero-order chi connectivity index (χ0) is 35.1. The highest BCUT2D eigenvalue weighted by Crippen LogP contribution is 2.30. The van der Waals surface area contributed by atoms with E-state index < -0.39 is 53.4 Å². The molecule has 0 aromatic rings. The summed E-state index contributed by atoms with van der Waals surface area (Å²) in [7, 11) is 0. The van der Waals surface area contributed by atoms with Gasteiger partial charge in [0.15, 0.2) is 0 Å². The molecule has 2 aliphatic rings. The number of primary amides is 2. The van der Waals surface area contributed by atoms with Crippen LogP contribution in [0.4, 0.5) is 4.79 Å². The molecule has 0 aliphatic carbocycles. The minimum atomic E-state index is -1.14. The van der Waals surface area contributed by atoms with Crippen LogP contribution in [0.25, 0.3) is 0 Å². The summed E-state index contributed by atoms with van der Waals surface area (Å²) < 4.78 is 5.35. The summed E-state index contributed by atoms with van der Waals surface area (Å²) >= 11 is 0. The van der Waals surface area contributed by atoms with Crippen LogP contribution >= 0.6 is 0 Å². The summed E-state index contributed by atoms with van der Waals surface area (Å²) in [5, 5.41) is 8.17. The average molecular weight is 666 g/mol. The van der Waals surface area contributed by atoms with Gasteiger partial charge in [-0.15, -0.1) is 0 Å². The van der Waals surface area contributed by atoms with Crippen LogP contribution in [0.3, 0.4) is 0 Å². The molecule has 7 amide bonds. The van der Waals surface area contributed by atoms with Gasteiger partial charge in [0.25, 0.3) is 0 Å². The van der Waals surface area contributed by atoms with Crippen LogP contribution in [-0.2, 0) is 33.5 Å². The van der Waals surface area contributed by atoms with Gasteiger partial charge in [-0.05, 0) is 59.3 Å². The number of amides is 7. The summed E-state index contributed by atoms with van der Waals surface area (Å²) in [6.45, 7) is 7.12. The Balaban J connectivity index is 2.03. The van der Waals surface area contributed by atoms with Crippen molar-refractivity contribution < 1.29 is 38.3 Å². The third kappa shape index (κ3) is 14.2. The van der Waals surface area contributed by atoms with Crippen LogP contribution in [0, 0.1) is 0 Å². The molecule has 2 aliphatic heterocycles. The lowest BCUT2D eigenvalue weighted by molar-refractivity contribution is -0.145. The molecule has 15 nitrogen and oxygen atoms in total. The molecule has 2 fully saturated rings. The maximum Gasteiger partial charge on any atom is 0.408 e. The zero-order valence-electron chi connectivity index (χ0n) is 28.4. The topological polar surface area (TPSA) is 223 Å². The molecule has 2 heterocycles. The molecule has 0 saturated carbocycles. The molecule has 47 heavy (non-hydrogen) atoms. The van der Waals surface area contributed by atoms with Gasteiger partial charge in [-0.1, -0.05) is 32.1 Å². The van der Waals surface area contributed by atoms with Crippen LogP contribution in [0.15, 0.2) is 0 Å². The minimum absolute atomic E-state index is 0.00129. The standard InChI is InChI=1S/C32H55N7O8/c1-21(40)38-19-17-22-13-15-25(39(22)30(45)24(20-38)37-31(46)47-32(2,3)4)29(44)36-23(14-16-27(34)42)28(43)35-18-11-9-7-5-6-8-10-12-26(33)41/h22-25H,5-20H2,1-4H3,(H2,33,41)(H2,34,42)(H,35,43)(H,36,44)(H,37,46)/t22-,23+,24+,25+/m1/s1. The van der Waals surface area contributed by atoms with Gasteiger partial charge in [0.05, 0.1) is 6.54 Å². The van der Waals surface area contributed by atoms with Crippen molar-refractivity contribution in [3.8, 4) is 0 Å². The number of carbonyl (C=O) groups is 7. The SMILES string of the molecule is CC(=O)N1CC[C@H]2CC[C@@H](C(=O)N[C@@H](CCC(N)=O)C(=O)NCCCCCCCCCC(N)=O)N2C(=O)[C@@H](NC(=O)OC(C)(C)C)C1. The second-order valence-electron chi connectivity index (χ2n) is 13.5. The molecule has 266 valence electrons. The molecule has 0 spiro atoms. The first kappa shape index (κ1) is 39.3. The molecule has 7 N–H and O–H groups in total. The quantitative estimate of drug-likeness (QED) is 0.140. The third-order valence-corrected chi connectivity index (χ3v) is 8.34. The Hall–Kier alpha value is -3.91. The highest BCUT2D eigenvalue weighted by atomic mass is 16.6. The van der Waals surface area contributed by atoms with Crippen LogP contribution in [0.1, 0.15) is 111 Å². The Kier molecular flexibility index (Phi) is 15.9. The average Bonchev–Trinajstić information content (AvgIpc) is 3.38. The lowest BCUT2D eigenvalue weighted by Gasteiger charge is -2.38. The van der Waals surface area contributed by atoms with Crippen LogP contribution in [-0.4, -0.2) is 101 Å². The number of hydrogen-bond acceptors (Lipinski definition) is 8. The summed E-state index contributed by atoms with van der Waals surface area (Å²) in [4.78, 5) is 90.9. The van der Waals surface area contributed by atoms with E-state index in [9.17, 15) is 33.6 Å². The molecular formula is C32H55N7O8. The number of ether oxygens (including phenoxy) is 1. The fourth-order valence-corrected chi connectivity index (χ4v) is 5.94. The number of carbonyl (C=O) groups excluding carboxylic acids is 7. The van der Waals surface area contributed by atoms with E-state index in [0.29, 0.717) is 38.8 Å². The van der Waals surface area contributed by atoms with Crippen LogP contribution < -0.4 is 27.4 Å². The molecule has 0 radical (unpaired) electrons. The largest absolute Gasteiger partial charge is 0.444 e. The van der Waals surface area contributed by atoms with Gasteiger partial charge in [0, 0.05) is 38.9 Å². The monoisotopic (exact) mass is 665 g/mol. The van der Waals surface area contributed by atoms with Gasteiger partial charge in [0.2, 0.25) is 35.4 Å². The lowest BCUT2D eigenvalue weighted by Crippen LogP contribution is -2.62. The normalized spacial score (nSPS) is 20.3. The van der Waals surface area contributed by atoms with E-state index in [4.69, 9.17) is 16.2 Å². The van der Waals surface area contributed by atoms with E-state index in [2.05, 4.69) is 16.0 Å². The van der Waals surface area contributed by atoms with Crippen molar-refractivity contribution in [3.63, 3.8) is 0 Å². The van der Waals surface area contributed by atoms with E-state index in [1.54, 1.807) is 20.8 Å². The van der Waals surface area contributed by atoms with E-state index in [1.165, 1.54) is 16.7 Å². The van der Waals surface area contributed by atoms with Gasteiger partial charge in [0.1, 0.15) is 23.7 Å². The summed E-state index contributed by atoms with van der Waals surface area (Å²) in [5.74, 6) is -2.64. The lowest BCUT2D eigenvalue weighted by atomic mass is 10.1. The maximum atomic E-state index is 13.9. The van der Waals surface area contributed by atoms with Gasteiger partial charge in [-0.2, -0.15) is 0 Å². The van der Waals surface area contributed by atoms with Crippen molar-refractivity contribution >= 4 is 41.5 Å². The third-order valence-electron chi connectivity index (χ3n) is 8.34. The number of nitrogens with zero attached hydrogens (tertiary/aromatic N) is 2. The van der Waals surface area contributed by atoms with E-state index in [0.717, 1.165) is 44.9 Å². The first-order valence-corrected chi connectivity index (χ1v) is 16.8. The molecule has 2 saturated heterocycles. The Labute approximate surface area is 277 Å². The zero-order valence-corrected chi connectivity index (χ0v) is 28.4. The van der Waals surface area contributed by atoms with E-state index in [-0.39, 0.29) is 37.2 Å². The number of rotatable bonds is 17. The Morgan fingerprint density at radius 2 is 1.51 bits per heavy atom. The summed E-state index contributed by atoms with van der Waals surface area (Å²) in [6.07, 6.45) is 7.12. The molecule has 15 heteroatoms. The molecule has 4 atom stereocenters. The summed E-state index contributed by atoms with van der Waals surface area (Å²) in [6, 6.07) is -3.45. The maximum absolute atomic E-state index is 13.9. The van der Waals surface area contributed by atoms with Crippen molar-refractivity contribution in [2.45, 2.75) is 141 Å². The Bertz CT molecular complexity index is 1130. The smallest absolute Gasteiger partial charge is 0.408 e. The number of alkyl carbamates (subject to hydrolysis) is 1. The molecule has 2 rings (SSSR count). The van der Waals surface area contributed by atoms with E-state index >= 15 is 0 Å². The second kappa shape index (κ2) is 19.0. The summed E-state index contributed by atoms with van der Waals surface area (Å²) in [5.41, 5.74) is 9.67. The molecule has 0 aromatic carbocycles. The molecule has 0 bridgehead atoms. The highest BCUT2D eigenvalue weighted by Gasteiger charge is 2.46. The molecule has 0 aromatic heterocycles. The van der Waals surface area contributed by atoms with Crippen LogP contribution in [0.5, 0.6) is 0 Å². The fraction of sp³-hybridized carbons (Fsp3) is 0.781. The Morgan fingerprint density at radius 3 is 2.11 bits per heavy atom. The van der Waals surface area contributed by atoms with Crippen molar-refractivity contribution in [3.05, 3.63) is 0 Å². The van der Waals surface area contributed by atoms with E-state index in [1.807, 2.05) is 0 Å². The predicted molar refractivity (Wildman–Crippen MR) is 173 cm³/mol. The van der Waals surface area contributed by atoms with Gasteiger partial charge >= 0.3 is 6.09 Å². The van der Waals surface area contributed by atoms with Gasteiger partial charge in [-0.25, -0.2) is 4.79 Å². The van der Waals surface area contributed by atoms with Crippen molar-refractivity contribution in [2.75, 3.05) is 19.6 Å².